The first-order chi connectivity index (χ1) is 9.08. The number of nitrogens with two attached hydrogens (primary N) is 1. The van der Waals surface area contributed by atoms with Crippen LogP contribution in [-0.2, 0) is 0 Å². The Kier molecular flexibility index (Phi) is 4.47. The van der Waals surface area contributed by atoms with Gasteiger partial charge >= 0.3 is 0 Å². The average molecular weight is 264 g/mol. The molecule has 3 N–H and O–H groups in total. The number of nitrogen functional groups attached to an aromatic ring is 1. The van der Waals surface area contributed by atoms with Crippen molar-refractivity contribution in [2.45, 2.75) is 32.7 Å². The molecule has 0 atom stereocenters. The summed E-state index contributed by atoms with van der Waals surface area (Å²) in [5.74, 6) is -0.0374. The van der Waals surface area contributed by atoms with Crippen molar-refractivity contribution in [2.75, 3.05) is 31.9 Å². The standard InChI is InChI=1S/C14H24N4O/c1-11(2)18-10-12(15)9-13(18)14(19)16-5-8-17-6-3-4-7-17/h9-11H,3-8,15H2,1-2H3,(H,16,19). The Labute approximate surface area is 114 Å². The molecule has 1 aliphatic rings. The normalized spacial score (nSPS) is 16.2. The zero-order valence-corrected chi connectivity index (χ0v) is 11.9. The molecular formula is C14H24N4O. The van der Waals surface area contributed by atoms with E-state index in [1.54, 1.807) is 6.07 Å². The molecule has 5 heteroatoms. The largest absolute Gasteiger partial charge is 0.397 e. The van der Waals surface area contributed by atoms with Crippen LogP contribution in [0.3, 0.4) is 0 Å². The maximum Gasteiger partial charge on any atom is 0.268 e. The van der Waals surface area contributed by atoms with Gasteiger partial charge in [0.1, 0.15) is 5.69 Å². The number of carbonyl (C=O) groups excluding carboxylic acids is 1. The van der Waals surface area contributed by atoms with Crippen molar-refractivity contribution in [1.29, 1.82) is 0 Å². The summed E-state index contributed by atoms with van der Waals surface area (Å²) < 4.78 is 1.92. The van der Waals surface area contributed by atoms with Crippen LogP contribution in [0.1, 0.15) is 43.2 Å². The number of anilines is 1. The Morgan fingerprint density at radius 2 is 2.11 bits per heavy atom. The molecule has 1 amide bonds. The highest BCUT2D eigenvalue weighted by Crippen LogP contribution is 2.16. The van der Waals surface area contributed by atoms with Crippen molar-refractivity contribution in [3.05, 3.63) is 18.0 Å². The van der Waals surface area contributed by atoms with Gasteiger partial charge in [0, 0.05) is 25.3 Å². The summed E-state index contributed by atoms with van der Waals surface area (Å²) in [6.07, 6.45) is 4.38. The van der Waals surface area contributed by atoms with Gasteiger partial charge in [0.2, 0.25) is 0 Å². The fourth-order valence-corrected chi connectivity index (χ4v) is 2.53. The predicted octanol–water partition coefficient (Wildman–Crippen LogP) is 1.48. The van der Waals surface area contributed by atoms with E-state index >= 15 is 0 Å². The number of aromatic nitrogens is 1. The van der Waals surface area contributed by atoms with Crippen molar-refractivity contribution in [2.24, 2.45) is 0 Å². The van der Waals surface area contributed by atoms with Gasteiger partial charge in [0.05, 0.1) is 5.69 Å². The lowest BCUT2D eigenvalue weighted by Crippen LogP contribution is -2.34. The van der Waals surface area contributed by atoms with Crippen LogP contribution in [0.4, 0.5) is 5.69 Å². The second kappa shape index (κ2) is 6.10. The molecule has 0 bridgehead atoms. The van der Waals surface area contributed by atoms with Crippen LogP contribution in [0, 0.1) is 0 Å². The minimum absolute atomic E-state index is 0.0374. The third-order valence-corrected chi connectivity index (χ3v) is 3.57. The van der Waals surface area contributed by atoms with Crippen molar-refractivity contribution in [3.63, 3.8) is 0 Å². The summed E-state index contributed by atoms with van der Waals surface area (Å²) in [5.41, 5.74) is 7.06. The molecule has 19 heavy (non-hydrogen) atoms. The lowest BCUT2D eigenvalue weighted by molar-refractivity contribution is 0.0939. The summed E-state index contributed by atoms with van der Waals surface area (Å²) >= 11 is 0. The highest BCUT2D eigenvalue weighted by molar-refractivity contribution is 5.93. The molecule has 1 aliphatic heterocycles. The fraction of sp³-hybridized carbons (Fsp3) is 0.643. The fourth-order valence-electron chi connectivity index (χ4n) is 2.53. The topological polar surface area (TPSA) is 63.3 Å². The molecule has 1 saturated heterocycles. The zero-order valence-electron chi connectivity index (χ0n) is 11.9. The summed E-state index contributed by atoms with van der Waals surface area (Å²) in [4.78, 5) is 14.5. The molecule has 5 nitrogen and oxygen atoms in total. The van der Waals surface area contributed by atoms with Gasteiger partial charge in [0.15, 0.2) is 0 Å². The number of hydrogen-bond acceptors (Lipinski definition) is 3. The molecule has 0 radical (unpaired) electrons. The molecule has 0 aliphatic carbocycles. The molecular weight excluding hydrogens is 240 g/mol. The maximum atomic E-state index is 12.2. The van der Waals surface area contributed by atoms with Gasteiger partial charge in [-0.1, -0.05) is 0 Å². The van der Waals surface area contributed by atoms with E-state index in [1.807, 2.05) is 24.6 Å². The lowest BCUT2D eigenvalue weighted by Gasteiger charge is -2.16. The molecule has 1 aromatic rings. The van der Waals surface area contributed by atoms with Crippen LogP contribution in [0.15, 0.2) is 12.3 Å². The van der Waals surface area contributed by atoms with E-state index < -0.39 is 0 Å². The molecule has 1 aromatic heterocycles. The van der Waals surface area contributed by atoms with Gasteiger partial charge in [-0.3, -0.25) is 4.79 Å². The maximum absolute atomic E-state index is 12.2. The van der Waals surface area contributed by atoms with Gasteiger partial charge in [-0.05, 0) is 45.8 Å². The first-order valence-electron chi connectivity index (χ1n) is 7.06. The number of likely N-dealkylation sites (tertiary alicyclic amines) is 1. The summed E-state index contributed by atoms with van der Waals surface area (Å²) in [6, 6.07) is 1.97. The quantitative estimate of drug-likeness (QED) is 0.846. The number of nitrogens with zero attached hydrogens (tertiary/aromatic N) is 2. The highest BCUT2D eigenvalue weighted by atomic mass is 16.1. The Balaban J connectivity index is 1.88. The molecule has 0 saturated carbocycles. The van der Waals surface area contributed by atoms with E-state index in [9.17, 15) is 4.79 Å². The average Bonchev–Trinajstić information content (AvgIpc) is 2.98. The zero-order chi connectivity index (χ0) is 13.8. The van der Waals surface area contributed by atoms with Gasteiger partial charge in [-0.2, -0.15) is 0 Å². The van der Waals surface area contributed by atoms with E-state index in [4.69, 9.17) is 5.73 Å². The van der Waals surface area contributed by atoms with E-state index in [0.29, 0.717) is 17.9 Å². The second-order valence-corrected chi connectivity index (χ2v) is 5.46. The molecule has 0 aromatic carbocycles. The first-order valence-corrected chi connectivity index (χ1v) is 7.06. The number of rotatable bonds is 5. The third-order valence-electron chi connectivity index (χ3n) is 3.57. The van der Waals surface area contributed by atoms with Crippen LogP contribution in [0.5, 0.6) is 0 Å². The minimum atomic E-state index is -0.0374. The van der Waals surface area contributed by atoms with E-state index in [1.165, 1.54) is 12.8 Å². The van der Waals surface area contributed by atoms with Crippen LogP contribution in [-0.4, -0.2) is 41.6 Å². The molecule has 2 heterocycles. The Morgan fingerprint density at radius 3 is 2.74 bits per heavy atom. The minimum Gasteiger partial charge on any atom is -0.397 e. The molecule has 2 rings (SSSR count). The van der Waals surface area contributed by atoms with Gasteiger partial charge in [-0.15, -0.1) is 0 Å². The highest BCUT2D eigenvalue weighted by Gasteiger charge is 2.15. The van der Waals surface area contributed by atoms with Crippen molar-refractivity contribution < 1.29 is 4.79 Å². The smallest absolute Gasteiger partial charge is 0.268 e. The third kappa shape index (κ3) is 3.50. The summed E-state index contributed by atoms with van der Waals surface area (Å²) in [5, 5.41) is 2.98. The van der Waals surface area contributed by atoms with Crippen molar-refractivity contribution >= 4 is 11.6 Å². The number of amides is 1. The summed E-state index contributed by atoms with van der Waals surface area (Å²) in [6.45, 7) is 8.03. The molecule has 106 valence electrons. The SMILES string of the molecule is CC(C)n1cc(N)cc1C(=O)NCCN1CCCC1. The first kappa shape index (κ1) is 13.9. The van der Waals surface area contributed by atoms with E-state index in [-0.39, 0.29) is 11.9 Å². The molecule has 0 unspecified atom stereocenters. The van der Waals surface area contributed by atoms with Crippen molar-refractivity contribution in [3.8, 4) is 0 Å². The van der Waals surface area contributed by atoms with Gasteiger partial charge in [-0.25, -0.2) is 0 Å². The van der Waals surface area contributed by atoms with Crippen LogP contribution >= 0.6 is 0 Å². The number of hydrogen-bond donors (Lipinski definition) is 2. The van der Waals surface area contributed by atoms with Gasteiger partial charge < -0.3 is 20.5 Å². The van der Waals surface area contributed by atoms with Crippen LogP contribution < -0.4 is 11.1 Å². The number of carbonyl (C=O) groups is 1. The lowest BCUT2D eigenvalue weighted by atomic mass is 10.3. The number of nitrogens with one attached hydrogen (secondary N) is 1. The summed E-state index contributed by atoms with van der Waals surface area (Å²) in [7, 11) is 0. The monoisotopic (exact) mass is 264 g/mol. The Bertz CT molecular complexity index is 433. The Hall–Kier alpha value is -1.49. The van der Waals surface area contributed by atoms with Gasteiger partial charge in [0.25, 0.3) is 5.91 Å². The van der Waals surface area contributed by atoms with Crippen molar-refractivity contribution in [1.82, 2.24) is 14.8 Å². The van der Waals surface area contributed by atoms with E-state index in [2.05, 4.69) is 10.2 Å². The van der Waals surface area contributed by atoms with Crippen LogP contribution in [0.25, 0.3) is 0 Å². The molecule has 0 spiro atoms. The van der Waals surface area contributed by atoms with E-state index in [0.717, 1.165) is 19.6 Å². The van der Waals surface area contributed by atoms with Crippen LogP contribution in [0.2, 0.25) is 0 Å². The molecule has 1 fully saturated rings. The predicted molar refractivity (Wildman–Crippen MR) is 77.2 cm³/mol. The second-order valence-electron chi connectivity index (χ2n) is 5.46. The Morgan fingerprint density at radius 1 is 1.42 bits per heavy atom.